The predicted octanol–water partition coefficient (Wildman–Crippen LogP) is 3.25. The van der Waals surface area contributed by atoms with Crippen LogP contribution < -0.4 is 5.32 Å². The number of nitrogens with one attached hydrogen (secondary N) is 1. The van der Waals surface area contributed by atoms with E-state index < -0.39 is 0 Å². The lowest BCUT2D eigenvalue weighted by atomic mass is 10.0. The third-order valence-corrected chi connectivity index (χ3v) is 4.34. The van der Waals surface area contributed by atoms with Gasteiger partial charge in [0.25, 0.3) is 0 Å². The standard InChI is InChI=1S/C17H26N2O/c1-5-14(6-2)11-19-16(18-13(4)17(19)20)15-9-7-8-12(3)10-15/h7-10,13-14,16,18H,5-6,11H2,1-4H3. The number of rotatable bonds is 5. The first kappa shape index (κ1) is 15.0. The molecule has 0 bridgehead atoms. The predicted molar refractivity (Wildman–Crippen MR) is 82.3 cm³/mol. The number of carbonyl (C=O) groups is 1. The van der Waals surface area contributed by atoms with Crippen molar-refractivity contribution in [1.29, 1.82) is 0 Å². The van der Waals surface area contributed by atoms with Crippen molar-refractivity contribution in [3.05, 3.63) is 35.4 Å². The Bertz CT molecular complexity index is 468. The summed E-state index contributed by atoms with van der Waals surface area (Å²) in [6.45, 7) is 9.30. The lowest BCUT2D eigenvalue weighted by Gasteiger charge is -2.28. The monoisotopic (exact) mass is 274 g/mol. The molecule has 0 aromatic heterocycles. The van der Waals surface area contributed by atoms with Gasteiger partial charge in [-0.1, -0.05) is 56.5 Å². The Hall–Kier alpha value is -1.35. The van der Waals surface area contributed by atoms with Crippen LogP contribution in [-0.2, 0) is 4.79 Å². The van der Waals surface area contributed by atoms with Crippen molar-refractivity contribution < 1.29 is 4.79 Å². The number of amides is 1. The van der Waals surface area contributed by atoms with Gasteiger partial charge in [0.05, 0.1) is 6.04 Å². The number of nitrogens with zero attached hydrogens (tertiary/aromatic N) is 1. The van der Waals surface area contributed by atoms with Crippen molar-refractivity contribution in [2.24, 2.45) is 5.92 Å². The van der Waals surface area contributed by atoms with E-state index in [1.807, 2.05) is 11.8 Å². The SMILES string of the molecule is CCC(CC)CN1C(=O)C(C)NC1c1cccc(C)c1. The molecule has 0 spiro atoms. The first-order valence-corrected chi connectivity index (χ1v) is 7.69. The number of carbonyl (C=O) groups excluding carboxylic acids is 1. The molecular weight excluding hydrogens is 248 g/mol. The molecule has 0 saturated carbocycles. The van der Waals surface area contributed by atoms with E-state index in [1.165, 1.54) is 11.1 Å². The van der Waals surface area contributed by atoms with Crippen LogP contribution in [0.15, 0.2) is 24.3 Å². The van der Waals surface area contributed by atoms with Crippen molar-refractivity contribution in [3.63, 3.8) is 0 Å². The number of benzene rings is 1. The molecule has 110 valence electrons. The van der Waals surface area contributed by atoms with Crippen LogP contribution in [0.5, 0.6) is 0 Å². The van der Waals surface area contributed by atoms with E-state index in [0.717, 1.165) is 19.4 Å². The molecule has 2 unspecified atom stereocenters. The second kappa shape index (κ2) is 6.40. The summed E-state index contributed by atoms with van der Waals surface area (Å²) in [7, 11) is 0. The smallest absolute Gasteiger partial charge is 0.241 e. The lowest BCUT2D eigenvalue weighted by Crippen LogP contribution is -2.35. The van der Waals surface area contributed by atoms with Gasteiger partial charge in [-0.25, -0.2) is 0 Å². The molecule has 1 amide bonds. The van der Waals surface area contributed by atoms with Crippen LogP contribution in [0.4, 0.5) is 0 Å². The summed E-state index contributed by atoms with van der Waals surface area (Å²) in [5.41, 5.74) is 2.42. The van der Waals surface area contributed by atoms with Crippen LogP contribution in [0.3, 0.4) is 0 Å². The summed E-state index contributed by atoms with van der Waals surface area (Å²) in [6.07, 6.45) is 2.27. The molecule has 3 heteroatoms. The fourth-order valence-corrected chi connectivity index (χ4v) is 2.91. The normalized spacial score (nSPS) is 22.9. The van der Waals surface area contributed by atoms with Crippen molar-refractivity contribution in [2.45, 2.75) is 52.7 Å². The first-order valence-electron chi connectivity index (χ1n) is 7.69. The van der Waals surface area contributed by atoms with E-state index in [0.29, 0.717) is 5.92 Å². The highest BCUT2D eigenvalue weighted by molar-refractivity contribution is 5.84. The quantitative estimate of drug-likeness (QED) is 0.894. The highest BCUT2D eigenvalue weighted by Crippen LogP contribution is 2.27. The summed E-state index contributed by atoms with van der Waals surface area (Å²) >= 11 is 0. The van der Waals surface area contributed by atoms with Gasteiger partial charge in [-0.15, -0.1) is 0 Å². The Morgan fingerprint density at radius 1 is 1.30 bits per heavy atom. The zero-order valence-electron chi connectivity index (χ0n) is 13.0. The van der Waals surface area contributed by atoms with E-state index >= 15 is 0 Å². The first-order chi connectivity index (χ1) is 9.56. The van der Waals surface area contributed by atoms with Crippen LogP contribution >= 0.6 is 0 Å². The average molecular weight is 274 g/mol. The largest absolute Gasteiger partial charge is 0.321 e. The Kier molecular flexibility index (Phi) is 4.81. The van der Waals surface area contributed by atoms with Gasteiger partial charge in [0, 0.05) is 6.54 Å². The van der Waals surface area contributed by atoms with Crippen molar-refractivity contribution in [3.8, 4) is 0 Å². The maximum Gasteiger partial charge on any atom is 0.241 e. The minimum Gasteiger partial charge on any atom is -0.321 e. The van der Waals surface area contributed by atoms with Crippen LogP contribution in [0.2, 0.25) is 0 Å². The molecule has 1 aromatic carbocycles. The van der Waals surface area contributed by atoms with Gasteiger partial charge in [0.2, 0.25) is 5.91 Å². The molecule has 1 aliphatic heterocycles. The molecule has 20 heavy (non-hydrogen) atoms. The van der Waals surface area contributed by atoms with E-state index in [4.69, 9.17) is 0 Å². The average Bonchev–Trinajstić information content (AvgIpc) is 2.72. The van der Waals surface area contributed by atoms with Gasteiger partial charge >= 0.3 is 0 Å². The fourth-order valence-electron chi connectivity index (χ4n) is 2.91. The zero-order chi connectivity index (χ0) is 14.7. The highest BCUT2D eigenvalue weighted by Gasteiger charge is 2.37. The van der Waals surface area contributed by atoms with E-state index in [1.54, 1.807) is 0 Å². The second-order valence-electron chi connectivity index (χ2n) is 5.88. The summed E-state index contributed by atoms with van der Waals surface area (Å²) in [5.74, 6) is 0.807. The molecule has 1 aromatic rings. The van der Waals surface area contributed by atoms with E-state index in [-0.39, 0.29) is 18.1 Å². The molecule has 2 atom stereocenters. The zero-order valence-corrected chi connectivity index (χ0v) is 13.0. The van der Waals surface area contributed by atoms with Crippen molar-refractivity contribution in [2.75, 3.05) is 6.54 Å². The van der Waals surface area contributed by atoms with Gasteiger partial charge in [0.15, 0.2) is 0 Å². The number of hydrogen-bond donors (Lipinski definition) is 1. The Labute approximate surface area is 122 Å². The highest BCUT2D eigenvalue weighted by atomic mass is 16.2. The molecule has 0 aliphatic carbocycles. The molecule has 1 saturated heterocycles. The fraction of sp³-hybridized carbons (Fsp3) is 0.588. The molecule has 3 nitrogen and oxygen atoms in total. The minimum atomic E-state index is -0.0881. The lowest BCUT2D eigenvalue weighted by molar-refractivity contribution is -0.130. The topological polar surface area (TPSA) is 32.3 Å². The number of aryl methyl sites for hydroxylation is 1. The van der Waals surface area contributed by atoms with Crippen molar-refractivity contribution in [1.82, 2.24) is 10.2 Å². The molecule has 1 N–H and O–H groups in total. The summed E-state index contributed by atoms with van der Waals surface area (Å²) in [4.78, 5) is 14.4. The van der Waals surface area contributed by atoms with Crippen molar-refractivity contribution >= 4 is 5.91 Å². The van der Waals surface area contributed by atoms with Gasteiger partial charge in [0.1, 0.15) is 6.17 Å². The van der Waals surface area contributed by atoms with E-state index in [2.05, 4.69) is 50.4 Å². The Morgan fingerprint density at radius 2 is 2.00 bits per heavy atom. The Balaban J connectivity index is 2.23. The van der Waals surface area contributed by atoms with Gasteiger partial charge in [-0.2, -0.15) is 0 Å². The molecule has 2 rings (SSSR count). The molecule has 0 radical (unpaired) electrons. The minimum absolute atomic E-state index is 0.0259. The third-order valence-electron chi connectivity index (χ3n) is 4.34. The third kappa shape index (κ3) is 3.04. The van der Waals surface area contributed by atoms with Gasteiger partial charge in [-0.05, 0) is 25.3 Å². The number of hydrogen-bond acceptors (Lipinski definition) is 2. The molecule has 1 heterocycles. The summed E-state index contributed by atoms with van der Waals surface area (Å²) in [5, 5.41) is 3.43. The van der Waals surface area contributed by atoms with Gasteiger partial charge in [-0.3, -0.25) is 10.1 Å². The second-order valence-corrected chi connectivity index (χ2v) is 5.88. The molecule has 1 fully saturated rings. The van der Waals surface area contributed by atoms with Gasteiger partial charge < -0.3 is 4.90 Å². The summed E-state index contributed by atoms with van der Waals surface area (Å²) in [6, 6.07) is 8.35. The Morgan fingerprint density at radius 3 is 2.60 bits per heavy atom. The molecule has 1 aliphatic rings. The maximum atomic E-state index is 12.4. The van der Waals surface area contributed by atoms with E-state index in [9.17, 15) is 4.79 Å². The van der Waals surface area contributed by atoms with Crippen LogP contribution in [0.25, 0.3) is 0 Å². The summed E-state index contributed by atoms with van der Waals surface area (Å²) < 4.78 is 0. The van der Waals surface area contributed by atoms with Crippen LogP contribution in [0, 0.1) is 12.8 Å². The molecular formula is C17H26N2O. The van der Waals surface area contributed by atoms with Crippen LogP contribution in [0.1, 0.15) is 50.9 Å². The maximum absolute atomic E-state index is 12.4. The van der Waals surface area contributed by atoms with Crippen LogP contribution in [-0.4, -0.2) is 23.4 Å².